The Kier molecular flexibility index (Phi) is 4.58. The van der Waals surface area contributed by atoms with Crippen LogP contribution in [0.15, 0.2) is 48.1 Å². The minimum atomic E-state index is -0.652. The number of hydrogen-bond acceptors (Lipinski definition) is 3. The molecule has 0 spiro atoms. The first kappa shape index (κ1) is 19.1. The number of allylic oxidation sites excluding steroid dienone is 5. The van der Waals surface area contributed by atoms with E-state index in [2.05, 4.69) is 32.1 Å². The average Bonchev–Trinajstić information content (AvgIpc) is 2.86. The molecule has 1 saturated heterocycles. The average molecular weight is 382 g/mol. The number of rotatable bonds is 3. The molecule has 3 aliphatic rings. The van der Waals surface area contributed by atoms with E-state index >= 15 is 0 Å². The zero-order valence-electron chi connectivity index (χ0n) is 16.7. The van der Waals surface area contributed by atoms with Crippen LogP contribution in [-0.4, -0.2) is 23.3 Å². The minimum Gasteiger partial charge on any atom is -0.458 e. The number of benzene rings is 1. The Hall–Kier alpha value is -2.20. The van der Waals surface area contributed by atoms with Crippen LogP contribution in [0, 0.1) is 23.6 Å². The molecule has 4 heteroatoms. The van der Waals surface area contributed by atoms with Crippen LogP contribution >= 0.6 is 0 Å². The van der Waals surface area contributed by atoms with Crippen LogP contribution in [0.5, 0.6) is 0 Å². The van der Waals surface area contributed by atoms with Crippen LogP contribution in [0.3, 0.4) is 0 Å². The SMILES string of the molecule is Cc1cc(C2=C(/C=C/C3CC(O)CC(=O)O3)[C@@]3(C)C=C[C@](C)(C2)C3)ccc1F. The van der Waals surface area contributed by atoms with Crippen molar-refractivity contribution in [3.05, 3.63) is 65.0 Å². The maximum absolute atomic E-state index is 13.8. The highest BCUT2D eigenvalue weighted by molar-refractivity contribution is 5.76. The fourth-order valence-electron chi connectivity index (χ4n) is 5.00. The van der Waals surface area contributed by atoms with E-state index in [0.717, 1.165) is 18.4 Å². The van der Waals surface area contributed by atoms with Crippen molar-refractivity contribution in [2.24, 2.45) is 10.8 Å². The molecule has 0 saturated carbocycles. The summed E-state index contributed by atoms with van der Waals surface area (Å²) in [7, 11) is 0. The normalized spacial score (nSPS) is 35.0. The summed E-state index contributed by atoms with van der Waals surface area (Å²) in [6.07, 6.45) is 9.85. The highest BCUT2D eigenvalue weighted by Crippen LogP contribution is 2.58. The Morgan fingerprint density at radius 2 is 2.07 bits per heavy atom. The summed E-state index contributed by atoms with van der Waals surface area (Å²) in [4.78, 5) is 11.6. The van der Waals surface area contributed by atoms with Gasteiger partial charge in [-0.05, 0) is 65.7 Å². The molecule has 1 aliphatic heterocycles. The molecule has 28 heavy (non-hydrogen) atoms. The number of aryl methyl sites for hydroxylation is 1. The van der Waals surface area contributed by atoms with E-state index < -0.39 is 12.2 Å². The Morgan fingerprint density at radius 1 is 1.29 bits per heavy atom. The van der Waals surface area contributed by atoms with Crippen molar-refractivity contribution in [1.29, 1.82) is 0 Å². The van der Waals surface area contributed by atoms with Gasteiger partial charge in [0.2, 0.25) is 0 Å². The number of fused-ring (bicyclic) bond motifs is 2. The summed E-state index contributed by atoms with van der Waals surface area (Å²) < 4.78 is 19.2. The molecule has 1 aromatic rings. The first-order valence-electron chi connectivity index (χ1n) is 9.94. The summed E-state index contributed by atoms with van der Waals surface area (Å²) in [6.45, 7) is 6.29. The van der Waals surface area contributed by atoms with Gasteiger partial charge in [0.15, 0.2) is 0 Å². The summed E-state index contributed by atoms with van der Waals surface area (Å²) in [5.74, 6) is -0.557. The highest BCUT2D eigenvalue weighted by Gasteiger charge is 2.45. The number of halogens is 1. The molecule has 148 valence electrons. The lowest BCUT2D eigenvalue weighted by atomic mass is 9.65. The van der Waals surface area contributed by atoms with Gasteiger partial charge in [-0.15, -0.1) is 0 Å². The van der Waals surface area contributed by atoms with Crippen LogP contribution < -0.4 is 0 Å². The van der Waals surface area contributed by atoms with E-state index in [0.29, 0.717) is 12.0 Å². The van der Waals surface area contributed by atoms with E-state index in [1.54, 1.807) is 6.92 Å². The molecule has 0 radical (unpaired) electrons. The van der Waals surface area contributed by atoms with Crippen molar-refractivity contribution in [3.8, 4) is 0 Å². The molecule has 1 aromatic carbocycles. The number of carbonyl (C=O) groups excluding carboxylic acids is 1. The predicted octanol–water partition coefficient (Wildman–Crippen LogP) is 4.89. The number of carbonyl (C=O) groups is 1. The lowest BCUT2D eigenvalue weighted by Crippen LogP contribution is -2.31. The summed E-state index contributed by atoms with van der Waals surface area (Å²) in [5, 5.41) is 9.87. The summed E-state index contributed by atoms with van der Waals surface area (Å²) in [5.41, 5.74) is 4.05. The van der Waals surface area contributed by atoms with Gasteiger partial charge >= 0.3 is 5.97 Å². The second-order valence-corrected chi connectivity index (χ2v) is 9.10. The van der Waals surface area contributed by atoms with Crippen LogP contribution in [0.25, 0.3) is 5.57 Å². The zero-order chi connectivity index (χ0) is 20.1. The molecule has 1 heterocycles. The van der Waals surface area contributed by atoms with Gasteiger partial charge in [-0.3, -0.25) is 4.79 Å². The third-order valence-corrected chi connectivity index (χ3v) is 6.32. The molecule has 2 bridgehead atoms. The lowest BCUT2D eigenvalue weighted by molar-refractivity contribution is -0.156. The number of cyclic esters (lactones) is 1. The topological polar surface area (TPSA) is 46.5 Å². The monoisotopic (exact) mass is 382 g/mol. The molecule has 4 atom stereocenters. The van der Waals surface area contributed by atoms with E-state index in [9.17, 15) is 14.3 Å². The molecule has 2 unspecified atom stereocenters. The minimum absolute atomic E-state index is 0.0615. The Morgan fingerprint density at radius 3 is 2.79 bits per heavy atom. The maximum Gasteiger partial charge on any atom is 0.309 e. The van der Waals surface area contributed by atoms with Crippen LogP contribution in [0.4, 0.5) is 4.39 Å². The third-order valence-electron chi connectivity index (χ3n) is 6.32. The number of esters is 1. The van der Waals surface area contributed by atoms with Gasteiger partial charge in [-0.1, -0.05) is 38.1 Å². The fraction of sp³-hybridized carbons (Fsp3) is 0.458. The van der Waals surface area contributed by atoms with Crippen LogP contribution in [0.1, 0.15) is 50.7 Å². The Labute approximate surface area is 165 Å². The summed E-state index contributed by atoms with van der Waals surface area (Å²) in [6, 6.07) is 5.31. The van der Waals surface area contributed by atoms with Crippen LogP contribution in [-0.2, 0) is 9.53 Å². The van der Waals surface area contributed by atoms with Crippen molar-refractivity contribution < 1.29 is 19.0 Å². The predicted molar refractivity (Wildman–Crippen MR) is 107 cm³/mol. The molecule has 4 rings (SSSR count). The number of aliphatic hydroxyl groups excluding tert-OH is 1. The van der Waals surface area contributed by atoms with Gasteiger partial charge in [0.05, 0.1) is 12.5 Å². The molecular weight excluding hydrogens is 355 g/mol. The van der Waals surface area contributed by atoms with Crippen molar-refractivity contribution in [2.75, 3.05) is 0 Å². The zero-order valence-corrected chi connectivity index (χ0v) is 16.7. The van der Waals surface area contributed by atoms with E-state index in [-0.39, 0.29) is 29.0 Å². The van der Waals surface area contributed by atoms with E-state index in [4.69, 9.17) is 4.74 Å². The molecule has 0 aromatic heterocycles. The van der Waals surface area contributed by atoms with Gasteiger partial charge in [0.25, 0.3) is 0 Å². The van der Waals surface area contributed by atoms with Gasteiger partial charge in [0.1, 0.15) is 11.9 Å². The summed E-state index contributed by atoms with van der Waals surface area (Å²) >= 11 is 0. The van der Waals surface area contributed by atoms with Crippen molar-refractivity contribution in [1.82, 2.24) is 0 Å². The second kappa shape index (κ2) is 6.70. The standard InChI is InChI=1S/C24H27FO3/c1-15-10-16(4-7-21(15)25)19-13-23(2)8-9-24(3,14-23)20(19)6-5-18-11-17(26)12-22(27)28-18/h4-10,17-18,26H,11-14H2,1-3H3/b6-5+/t17?,18?,23-,24+/m1/s1. The van der Waals surface area contributed by atoms with Gasteiger partial charge < -0.3 is 9.84 Å². The maximum atomic E-state index is 13.8. The molecule has 1 fully saturated rings. The number of aliphatic hydroxyl groups is 1. The van der Waals surface area contributed by atoms with E-state index in [1.807, 2.05) is 18.2 Å². The van der Waals surface area contributed by atoms with Crippen molar-refractivity contribution in [2.45, 2.75) is 58.7 Å². The quantitative estimate of drug-likeness (QED) is 0.598. The third kappa shape index (κ3) is 3.46. The van der Waals surface area contributed by atoms with E-state index in [1.165, 1.54) is 17.2 Å². The molecule has 0 amide bonds. The second-order valence-electron chi connectivity index (χ2n) is 9.10. The Balaban J connectivity index is 1.76. The first-order valence-corrected chi connectivity index (χ1v) is 9.94. The van der Waals surface area contributed by atoms with Crippen LogP contribution in [0.2, 0.25) is 0 Å². The first-order chi connectivity index (χ1) is 13.2. The number of ether oxygens (including phenoxy) is 1. The molecule has 2 aliphatic carbocycles. The lowest BCUT2D eigenvalue weighted by Gasteiger charge is -2.39. The van der Waals surface area contributed by atoms with Crippen molar-refractivity contribution in [3.63, 3.8) is 0 Å². The number of hydrogen-bond donors (Lipinski definition) is 1. The van der Waals surface area contributed by atoms with Gasteiger partial charge in [0, 0.05) is 11.8 Å². The van der Waals surface area contributed by atoms with Gasteiger partial charge in [-0.25, -0.2) is 4.39 Å². The fourth-order valence-corrected chi connectivity index (χ4v) is 5.00. The van der Waals surface area contributed by atoms with Crippen molar-refractivity contribution >= 4 is 11.5 Å². The molecule has 1 N–H and O–H groups in total. The smallest absolute Gasteiger partial charge is 0.309 e. The molecule has 3 nitrogen and oxygen atoms in total. The molecular formula is C24H27FO3. The highest BCUT2D eigenvalue weighted by atomic mass is 19.1. The Bertz CT molecular complexity index is 912. The van der Waals surface area contributed by atoms with Gasteiger partial charge in [-0.2, -0.15) is 0 Å². The largest absolute Gasteiger partial charge is 0.458 e.